The fourth-order valence-corrected chi connectivity index (χ4v) is 4.22. The predicted molar refractivity (Wildman–Crippen MR) is 165 cm³/mol. The van der Waals surface area contributed by atoms with Crippen molar-refractivity contribution in [1.29, 1.82) is 0 Å². The molecular weight excluding hydrogens is 704 g/mol. The molecule has 52 heavy (non-hydrogen) atoms. The number of phenols is 12. The lowest BCUT2D eigenvalue weighted by Crippen LogP contribution is -2.42. The van der Waals surface area contributed by atoms with Crippen LogP contribution in [0.4, 0.5) is 0 Å². The van der Waals surface area contributed by atoms with E-state index in [1.54, 1.807) is 0 Å². The number of rotatable bonds is 11. The second-order valence-corrected chi connectivity index (χ2v) is 10.5. The average Bonchev–Trinajstić information content (AvgIpc) is 3.09. The number of esters is 4. The van der Waals surface area contributed by atoms with Crippen LogP contribution in [0.25, 0.3) is 0 Å². The van der Waals surface area contributed by atoms with Crippen molar-refractivity contribution >= 4 is 23.9 Å². The minimum Gasteiger partial charge on any atom is -0.504 e. The zero-order chi connectivity index (χ0) is 38.6. The summed E-state index contributed by atoms with van der Waals surface area (Å²) >= 11 is 0. The molecule has 0 aliphatic carbocycles. The summed E-state index contributed by atoms with van der Waals surface area (Å²) in [5, 5.41) is 117. The van der Waals surface area contributed by atoms with Gasteiger partial charge in [-0.25, -0.2) is 19.2 Å². The highest BCUT2D eigenvalue weighted by Gasteiger charge is 2.34. The van der Waals surface area contributed by atoms with Crippen LogP contribution in [0.3, 0.4) is 0 Å². The molecule has 0 saturated heterocycles. The molecule has 274 valence electrons. The molecule has 12 N–H and O–H groups in total. The van der Waals surface area contributed by atoms with E-state index >= 15 is 0 Å². The number of phenolic OH excluding ortho intramolecular Hbond substituents is 12. The molecule has 0 heterocycles. The summed E-state index contributed by atoms with van der Waals surface area (Å²) in [4.78, 5) is 52.1. The van der Waals surface area contributed by atoms with Crippen molar-refractivity contribution in [3.8, 4) is 69.0 Å². The Kier molecular flexibility index (Phi) is 10.6. The van der Waals surface area contributed by atoms with Crippen LogP contribution in [-0.2, 0) is 18.9 Å². The standard InChI is InChI=1S/C32H26O20/c33-15-1-11(2-16(34)25(15)41)29(45)49-9-23(51-31(47)13-5-19(37)27(43)20(38)6-13)24(52-32(48)14-7-21(39)28(44)22(40)8-14)10-50-30(46)12-3-17(35)26(42)18(36)4-12/h1-8,23-24,33-44H,9-10H2/t23-,24+. The SMILES string of the molecule is O=C(OC[C@H](OC(=O)c1cc(O)c(O)c(O)c1)[C@@H](COC(=O)c1cc(O)c(O)c(O)c1)OC(=O)c1cc(O)c(O)c(O)c1)c1cc(O)c(O)c(O)c1. The zero-order valence-corrected chi connectivity index (χ0v) is 25.8. The lowest BCUT2D eigenvalue weighted by Gasteiger charge is -2.27. The maximum atomic E-state index is 13.2. The molecule has 0 fully saturated rings. The van der Waals surface area contributed by atoms with Crippen molar-refractivity contribution in [2.75, 3.05) is 13.2 Å². The molecule has 0 aliphatic rings. The van der Waals surface area contributed by atoms with Crippen LogP contribution in [0.2, 0.25) is 0 Å². The van der Waals surface area contributed by atoms with Crippen LogP contribution in [-0.4, -0.2) is 111 Å². The van der Waals surface area contributed by atoms with Crippen molar-refractivity contribution in [2.45, 2.75) is 12.2 Å². The third-order valence-corrected chi connectivity index (χ3v) is 6.91. The van der Waals surface area contributed by atoms with E-state index in [2.05, 4.69) is 0 Å². The van der Waals surface area contributed by atoms with Crippen LogP contribution in [0.15, 0.2) is 48.5 Å². The molecule has 2 atom stereocenters. The lowest BCUT2D eigenvalue weighted by atomic mass is 10.1. The minimum atomic E-state index is -2.06. The first-order valence-corrected chi connectivity index (χ1v) is 14.1. The Bertz CT molecular complexity index is 1830. The summed E-state index contributed by atoms with van der Waals surface area (Å²) < 4.78 is 20.8. The topological polar surface area (TPSA) is 348 Å². The van der Waals surface area contributed by atoms with E-state index in [4.69, 9.17) is 18.9 Å². The van der Waals surface area contributed by atoms with Gasteiger partial charge < -0.3 is 80.2 Å². The van der Waals surface area contributed by atoms with Gasteiger partial charge in [-0.05, 0) is 48.5 Å². The Morgan fingerprint density at radius 2 is 0.558 bits per heavy atom. The zero-order valence-electron chi connectivity index (χ0n) is 25.8. The van der Waals surface area contributed by atoms with Gasteiger partial charge >= 0.3 is 23.9 Å². The molecule has 0 spiro atoms. The number of aromatic hydroxyl groups is 12. The first-order valence-electron chi connectivity index (χ1n) is 14.1. The van der Waals surface area contributed by atoms with Crippen LogP contribution in [0.5, 0.6) is 69.0 Å². The molecule has 4 aromatic rings. The number of ether oxygens (including phenoxy) is 4. The van der Waals surface area contributed by atoms with Gasteiger partial charge in [0.2, 0.25) is 0 Å². The molecule has 4 aromatic carbocycles. The predicted octanol–water partition coefficient (Wildman–Crippen LogP) is 1.62. The minimum absolute atomic E-state index is 0.576. The van der Waals surface area contributed by atoms with E-state index < -0.39 is 141 Å². The van der Waals surface area contributed by atoms with Gasteiger partial charge in [-0.3, -0.25) is 0 Å². The largest absolute Gasteiger partial charge is 0.504 e. The highest BCUT2D eigenvalue weighted by molar-refractivity contribution is 5.93. The molecule has 0 radical (unpaired) electrons. The highest BCUT2D eigenvalue weighted by Crippen LogP contribution is 2.38. The first-order chi connectivity index (χ1) is 24.4. The number of hydrogen-bond acceptors (Lipinski definition) is 20. The van der Waals surface area contributed by atoms with E-state index in [0.717, 1.165) is 0 Å². The Balaban J connectivity index is 1.73. The fourth-order valence-electron chi connectivity index (χ4n) is 4.22. The van der Waals surface area contributed by atoms with Gasteiger partial charge in [-0.1, -0.05) is 0 Å². The summed E-state index contributed by atoms with van der Waals surface area (Å²) in [5.41, 5.74) is -2.45. The highest BCUT2D eigenvalue weighted by atomic mass is 16.6. The van der Waals surface area contributed by atoms with E-state index in [1.165, 1.54) is 0 Å². The molecule has 0 saturated carbocycles. The second kappa shape index (κ2) is 14.9. The lowest BCUT2D eigenvalue weighted by molar-refractivity contribution is -0.0753. The van der Waals surface area contributed by atoms with Gasteiger partial charge in [-0.15, -0.1) is 0 Å². The molecule has 0 aromatic heterocycles. The van der Waals surface area contributed by atoms with Crippen molar-refractivity contribution < 1.29 is 99.4 Å². The first kappa shape index (κ1) is 37.2. The van der Waals surface area contributed by atoms with Gasteiger partial charge in [0.1, 0.15) is 13.2 Å². The quantitative estimate of drug-likeness (QED) is 0.0592. The maximum Gasteiger partial charge on any atom is 0.338 e. The number of hydrogen-bond donors (Lipinski definition) is 12. The maximum absolute atomic E-state index is 13.2. The smallest absolute Gasteiger partial charge is 0.338 e. The van der Waals surface area contributed by atoms with Crippen molar-refractivity contribution in [3.05, 3.63) is 70.8 Å². The summed E-state index contributed by atoms with van der Waals surface area (Å²) in [7, 11) is 0. The van der Waals surface area contributed by atoms with Gasteiger partial charge in [0, 0.05) is 0 Å². The average molecular weight is 731 g/mol. The van der Waals surface area contributed by atoms with Crippen molar-refractivity contribution in [1.82, 2.24) is 0 Å². The monoisotopic (exact) mass is 730 g/mol. The van der Waals surface area contributed by atoms with Crippen molar-refractivity contribution in [3.63, 3.8) is 0 Å². The molecule has 0 bridgehead atoms. The summed E-state index contributed by atoms with van der Waals surface area (Å²) in [6.07, 6.45) is -4.13. The van der Waals surface area contributed by atoms with Crippen LogP contribution in [0.1, 0.15) is 41.4 Å². The Morgan fingerprint density at radius 3 is 0.769 bits per heavy atom. The number of benzene rings is 4. The Morgan fingerprint density at radius 1 is 0.365 bits per heavy atom. The van der Waals surface area contributed by atoms with Crippen LogP contribution >= 0.6 is 0 Å². The third kappa shape index (κ3) is 8.14. The van der Waals surface area contributed by atoms with Gasteiger partial charge in [0.25, 0.3) is 0 Å². The summed E-state index contributed by atoms with van der Waals surface area (Å²) in [5.74, 6) is -17.5. The molecule has 20 nitrogen and oxygen atoms in total. The Labute approximate surface area is 288 Å². The van der Waals surface area contributed by atoms with Gasteiger partial charge in [0.05, 0.1) is 22.3 Å². The fraction of sp³-hybridized carbons (Fsp3) is 0.125. The molecule has 0 aliphatic heterocycles. The summed E-state index contributed by atoms with van der Waals surface area (Å²) in [6.45, 7) is -2.27. The molecule has 0 unspecified atom stereocenters. The van der Waals surface area contributed by atoms with Crippen LogP contribution in [0, 0.1) is 0 Å². The number of carbonyl (C=O) groups is 4. The van der Waals surface area contributed by atoms with Gasteiger partial charge in [0.15, 0.2) is 81.2 Å². The molecule has 20 heteroatoms. The molecule has 4 rings (SSSR count). The van der Waals surface area contributed by atoms with Gasteiger partial charge in [-0.2, -0.15) is 0 Å². The van der Waals surface area contributed by atoms with E-state index in [1.807, 2.05) is 0 Å². The van der Waals surface area contributed by atoms with E-state index in [0.29, 0.717) is 48.5 Å². The molecule has 0 amide bonds. The van der Waals surface area contributed by atoms with E-state index in [-0.39, 0.29) is 0 Å². The number of carbonyl (C=O) groups excluding carboxylic acids is 4. The van der Waals surface area contributed by atoms with E-state index in [9.17, 15) is 80.5 Å². The second-order valence-electron chi connectivity index (χ2n) is 10.5. The summed E-state index contributed by atoms with van der Waals surface area (Å²) in [6, 6.07) is 5.23. The third-order valence-electron chi connectivity index (χ3n) is 6.91. The normalized spacial score (nSPS) is 11.9. The van der Waals surface area contributed by atoms with Crippen LogP contribution < -0.4 is 0 Å². The molecular formula is C32H26O20. The van der Waals surface area contributed by atoms with Crippen molar-refractivity contribution in [2.24, 2.45) is 0 Å². The Hall–Kier alpha value is -7.64.